The van der Waals surface area contributed by atoms with Crippen molar-refractivity contribution >= 4 is 57.6 Å². The number of nitrogens with zero attached hydrogens (tertiary/aromatic N) is 1. The van der Waals surface area contributed by atoms with Gasteiger partial charge in [0.05, 0.1) is 11.3 Å². The van der Waals surface area contributed by atoms with E-state index in [0.29, 0.717) is 30.0 Å². The fourth-order valence-corrected chi connectivity index (χ4v) is 4.85. The second-order valence-corrected chi connectivity index (χ2v) is 12.0. The highest BCUT2D eigenvalue weighted by Gasteiger charge is 2.25. The van der Waals surface area contributed by atoms with E-state index < -0.39 is 5.97 Å². The Labute approximate surface area is 242 Å². The summed E-state index contributed by atoms with van der Waals surface area (Å²) in [5.74, 6) is -1.35. The number of urea groups is 1. The number of halogens is 1. The molecule has 0 aromatic heterocycles. The van der Waals surface area contributed by atoms with Crippen molar-refractivity contribution in [3.05, 3.63) is 87.0 Å². The molecule has 0 saturated carbocycles. The van der Waals surface area contributed by atoms with Crippen molar-refractivity contribution in [3.63, 3.8) is 0 Å². The van der Waals surface area contributed by atoms with Gasteiger partial charge in [0.2, 0.25) is 0 Å². The number of likely N-dealkylation sites (tertiary alicyclic amines) is 1. The minimum Gasteiger partial charge on any atom is -0.478 e. The molecule has 3 aromatic rings. The van der Waals surface area contributed by atoms with Gasteiger partial charge in [-0.2, -0.15) is 0 Å². The summed E-state index contributed by atoms with van der Waals surface area (Å²) in [5.41, 5.74) is 3.33. The van der Waals surface area contributed by atoms with Crippen molar-refractivity contribution in [2.75, 3.05) is 29.0 Å². The van der Waals surface area contributed by atoms with Crippen LogP contribution < -0.4 is 16.0 Å². The lowest BCUT2D eigenvalue weighted by Crippen LogP contribution is -2.47. The molecular weight excluding hydrogens is 607 g/mol. The van der Waals surface area contributed by atoms with Crippen LogP contribution in [0.15, 0.2) is 66.7 Å². The number of hydrogen-bond donors (Lipinski definition) is 4. The first kappa shape index (κ1) is 28.4. The van der Waals surface area contributed by atoms with Crippen LogP contribution >= 0.6 is 22.6 Å². The highest BCUT2D eigenvalue weighted by molar-refractivity contribution is 14.1. The lowest BCUT2D eigenvalue weighted by atomic mass is 9.87. The van der Waals surface area contributed by atoms with Crippen molar-refractivity contribution in [2.45, 2.75) is 45.1 Å². The van der Waals surface area contributed by atoms with Crippen molar-refractivity contribution in [2.24, 2.45) is 0 Å². The quantitative estimate of drug-likeness (QED) is 0.226. The van der Waals surface area contributed by atoms with Gasteiger partial charge in [-0.05, 0) is 101 Å². The first-order valence-electron chi connectivity index (χ1n) is 12.9. The maximum absolute atomic E-state index is 12.9. The Morgan fingerprint density at radius 3 is 2.23 bits per heavy atom. The lowest BCUT2D eigenvalue weighted by Gasteiger charge is -2.34. The highest BCUT2D eigenvalue weighted by atomic mass is 127. The fourth-order valence-electron chi connectivity index (χ4n) is 4.49. The summed E-state index contributed by atoms with van der Waals surface area (Å²) in [6, 6.07) is 19.4. The Balaban J connectivity index is 1.44. The third kappa shape index (κ3) is 7.50. The van der Waals surface area contributed by atoms with Gasteiger partial charge in [-0.1, -0.05) is 32.9 Å². The van der Waals surface area contributed by atoms with Crippen molar-refractivity contribution < 1.29 is 19.5 Å². The number of carboxylic acids is 1. The van der Waals surface area contributed by atoms with Crippen molar-refractivity contribution in [1.29, 1.82) is 0 Å². The molecule has 4 rings (SSSR count). The maximum atomic E-state index is 12.9. The van der Waals surface area contributed by atoms with E-state index in [0.717, 1.165) is 27.7 Å². The van der Waals surface area contributed by atoms with Gasteiger partial charge in [0, 0.05) is 39.6 Å². The van der Waals surface area contributed by atoms with Crippen LogP contribution in [-0.2, 0) is 5.41 Å². The maximum Gasteiger partial charge on any atom is 0.337 e. The second-order valence-electron chi connectivity index (χ2n) is 10.7. The van der Waals surface area contributed by atoms with Gasteiger partial charge in [0.25, 0.3) is 5.91 Å². The SMILES string of the molecule is CC(C)(C)c1ccc(C(=O)Nc2ccc(C(=O)O)c(NC3CCCN(C(=O)Nc4ccc(I)cc4)C3)c2)cc1. The highest BCUT2D eigenvalue weighted by Crippen LogP contribution is 2.26. The van der Waals surface area contributed by atoms with Gasteiger partial charge in [0.15, 0.2) is 0 Å². The molecule has 8 nitrogen and oxygen atoms in total. The number of anilines is 3. The molecular formula is C30H33IN4O4. The third-order valence-corrected chi connectivity index (χ3v) is 7.40. The normalized spacial score (nSPS) is 15.4. The monoisotopic (exact) mass is 640 g/mol. The lowest BCUT2D eigenvalue weighted by molar-refractivity contribution is 0.0697. The van der Waals surface area contributed by atoms with Crippen LogP contribution in [0.25, 0.3) is 0 Å². The summed E-state index contributed by atoms with van der Waals surface area (Å²) in [5, 5.41) is 18.9. The molecule has 1 fully saturated rings. The van der Waals surface area contributed by atoms with E-state index in [9.17, 15) is 19.5 Å². The summed E-state index contributed by atoms with van der Waals surface area (Å²) >= 11 is 2.21. The first-order valence-corrected chi connectivity index (χ1v) is 13.9. The number of amides is 3. The van der Waals surface area contributed by atoms with E-state index in [1.807, 2.05) is 36.4 Å². The number of rotatable bonds is 6. The predicted molar refractivity (Wildman–Crippen MR) is 163 cm³/mol. The van der Waals surface area contributed by atoms with Gasteiger partial charge >= 0.3 is 12.0 Å². The molecule has 1 heterocycles. The molecule has 1 unspecified atom stereocenters. The summed E-state index contributed by atoms with van der Waals surface area (Å²) in [6.45, 7) is 7.38. The Kier molecular flexibility index (Phi) is 8.79. The van der Waals surface area contributed by atoms with E-state index in [-0.39, 0.29) is 29.0 Å². The molecule has 3 amide bonds. The van der Waals surface area contributed by atoms with E-state index in [1.54, 1.807) is 29.2 Å². The van der Waals surface area contributed by atoms with Crippen LogP contribution in [0.1, 0.15) is 59.9 Å². The van der Waals surface area contributed by atoms with E-state index >= 15 is 0 Å². The zero-order chi connectivity index (χ0) is 28.2. The molecule has 0 radical (unpaired) electrons. The molecule has 1 atom stereocenters. The van der Waals surface area contributed by atoms with E-state index in [1.165, 1.54) is 6.07 Å². The summed E-state index contributed by atoms with van der Waals surface area (Å²) in [6.07, 6.45) is 1.56. The Bertz CT molecular complexity index is 1350. The van der Waals surface area contributed by atoms with Crippen molar-refractivity contribution in [3.8, 4) is 0 Å². The summed E-state index contributed by atoms with van der Waals surface area (Å²) in [7, 11) is 0. The largest absolute Gasteiger partial charge is 0.478 e. The smallest absolute Gasteiger partial charge is 0.337 e. The number of hydrogen-bond acceptors (Lipinski definition) is 4. The molecule has 0 bridgehead atoms. The molecule has 4 N–H and O–H groups in total. The Morgan fingerprint density at radius 1 is 0.923 bits per heavy atom. The third-order valence-electron chi connectivity index (χ3n) is 6.68. The molecule has 0 aliphatic carbocycles. The molecule has 3 aromatic carbocycles. The number of piperidine rings is 1. The van der Waals surface area contributed by atoms with Crippen LogP contribution in [0, 0.1) is 3.57 Å². The number of aromatic carboxylic acids is 1. The number of nitrogens with one attached hydrogen (secondary N) is 3. The standard InChI is InChI=1S/C30H33IN4O4/c1-30(2,3)20-8-6-19(7-9-20)27(36)33-23-14-15-25(28(37)38)26(17-23)32-24-5-4-16-35(18-24)29(39)34-22-12-10-21(31)11-13-22/h6-15,17,24,32H,4-5,16,18H2,1-3H3,(H,33,36)(H,34,39)(H,37,38). The fraction of sp³-hybridized carbons (Fsp3) is 0.300. The Morgan fingerprint density at radius 2 is 1.59 bits per heavy atom. The molecule has 1 saturated heterocycles. The molecule has 204 valence electrons. The summed E-state index contributed by atoms with van der Waals surface area (Å²) < 4.78 is 1.08. The van der Waals surface area contributed by atoms with Gasteiger partial charge < -0.3 is 26.0 Å². The minimum absolute atomic E-state index is 0.0159. The molecule has 9 heteroatoms. The molecule has 39 heavy (non-hydrogen) atoms. The molecule has 0 spiro atoms. The van der Waals surface area contributed by atoms with Crippen LogP contribution in [0.4, 0.5) is 21.9 Å². The van der Waals surface area contributed by atoms with Crippen LogP contribution in [0.3, 0.4) is 0 Å². The zero-order valence-electron chi connectivity index (χ0n) is 22.3. The second kappa shape index (κ2) is 12.1. The molecule has 1 aliphatic rings. The predicted octanol–water partition coefficient (Wildman–Crippen LogP) is 6.65. The van der Waals surface area contributed by atoms with Gasteiger partial charge in [0.1, 0.15) is 0 Å². The van der Waals surface area contributed by atoms with Gasteiger partial charge in [-0.25, -0.2) is 9.59 Å². The van der Waals surface area contributed by atoms with E-state index in [2.05, 4.69) is 59.3 Å². The van der Waals surface area contributed by atoms with Crippen LogP contribution in [0.2, 0.25) is 0 Å². The minimum atomic E-state index is -1.07. The topological polar surface area (TPSA) is 111 Å². The zero-order valence-corrected chi connectivity index (χ0v) is 24.4. The van der Waals surface area contributed by atoms with Gasteiger partial charge in [-0.15, -0.1) is 0 Å². The Hall–Kier alpha value is -3.60. The molecule has 1 aliphatic heterocycles. The van der Waals surface area contributed by atoms with Crippen LogP contribution in [0.5, 0.6) is 0 Å². The first-order chi connectivity index (χ1) is 18.5. The van der Waals surface area contributed by atoms with E-state index in [4.69, 9.17) is 0 Å². The average molecular weight is 641 g/mol. The number of benzene rings is 3. The summed E-state index contributed by atoms with van der Waals surface area (Å²) in [4.78, 5) is 39.4. The van der Waals surface area contributed by atoms with Crippen LogP contribution in [-0.4, -0.2) is 47.0 Å². The number of carboxylic acid groups (broad SMARTS) is 1. The van der Waals surface area contributed by atoms with Crippen molar-refractivity contribution in [1.82, 2.24) is 4.90 Å². The number of carbonyl (C=O) groups is 3. The number of carbonyl (C=O) groups excluding carboxylic acids is 2. The van der Waals surface area contributed by atoms with Gasteiger partial charge in [-0.3, -0.25) is 4.79 Å². The average Bonchev–Trinajstić information content (AvgIpc) is 2.89.